The van der Waals surface area contributed by atoms with Crippen LogP contribution in [-0.2, 0) is 5.41 Å². The van der Waals surface area contributed by atoms with Gasteiger partial charge in [0.2, 0.25) is 0 Å². The Labute approximate surface area is 302 Å². The van der Waals surface area contributed by atoms with Crippen LogP contribution in [0.25, 0.3) is 42.4 Å². The zero-order valence-corrected chi connectivity index (χ0v) is 28.7. The molecule has 51 heavy (non-hydrogen) atoms. The predicted molar refractivity (Wildman–Crippen MR) is 217 cm³/mol. The molecule has 0 N–H and O–H groups in total. The summed E-state index contributed by atoms with van der Waals surface area (Å²) >= 11 is 1.86. The molecule has 2 heteroatoms. The second kappa shape index (κ2) is 12.0. The van der Waals surface area contributed by atoms with Gasteiger partial charge in [0.1, 0.15) is 0 Å². The highest BCUT2D eigenvalue weighted by Crippen LogP contribution is 2.56. The first-order valence-corrected chi connectivity index (χ1v) is 18.3. The van der Waals surface area contributed by atoms with Crippen molar-refractivity contribution in [2.45, 2.75) is 5.41 Å². The molecule has 0 fully saturated rings. The minimum Gasteiger partial charge on any atom is -0.310 e. The molecular formula is C49H33NS. The van der Waals surface area contributed by atoms with Crippen LogP contribution in [0.5, 0.6) is 0 Å². The number of thiophene rings is 1. The number of benzene rings is 8. The maximum absolute atomic E-state index is 2.46. The van der Waals surface area contributed by atoms with Crippen LogP contribution in [0.1, 0.15) is 22.3 Å². The van der Waals surface area contributed by atoms with E-state index in [1.165, 1.54) is 70.4 Å². The van der Waals surface area contributed by atoms with Gasteiger partial charge >= 0.3 is 0 Å². The molecular weight excluding hydrogens is 635 g/mol. The van der Waals surface area contributed by atoms with E-state index in [1.54, 1.807) is 0 Å². The second-order valence-electron chi connectivity index (χ2n) is 13.3. The maximum atomic E-state index is 2.46. The first-order valence-electron chi connectivity index (χ1n) is 17.5. The molecule has 8 aromatic carbocycles. The summed E-state index contributed by atoms with van der Waals surface area (Å²) in [5.41, 5.74) is 13.1. The lowest BCUT2D eigenvalue weighted by atomic mass is 9.67. The summed E-state index contributed by atoms with van der Waals surface area (Å²) in [6, 6.07) is 73.5. The monoisotopic (exact) mass is 667 g/mol. The van der Waals surface area contributed by atoms with Crippen LogP contribution >= 0.6 is 11.3 Å². The van der Waals surface area contributed by atoms with E-state index in [4.69, 9.17) is 0 Å². The largest absolute Gasteiger partial charge is 0.310 e. The molecule has 0 unspecified atom stereocenters. The molecule has 0 spiro atoms. The fourth-order valence-corrected chi connectivity index (χ4v) is 9.52. The van der Waals surface area contributed by atoms with Gasteiger partial charge in [-0.2, -0.15) is 0 Å². The molecule has 0 bridgehead atoms. The summed E-state index contributed by atoms with van der Waals surface area (Å²) in [4.78, 5) is 2.46. The standard InChI is InChI=1S/C49H33NS/c1-3-15-34(16-4-1)35-29-31-38(32-30-35)50(45-26-14-28-47-48(45)42-23-9-12-27-46(42)51-47)39-20-13-19-37(33-39)49(36-17-5-2-6-18-36)43-24-10-7-21-40(43)41-22-8-11-25-44(41)49/h1-33H. The van der Waals surface area contributed by atoms with Gasteiger partial charge in [-0.15, -0.1) is 11.3 Å². The van der Waals surface area contributed by atoms with E-state index in [2.05, 4.69) is 205 Å². The average Bonchev–Trinajstić information content (AvgIpc) is 3.74. The fraction of sp³-hybridized carbons (Fsp3) is 0.0204. The van der Waals surface area contributed by atoms with Gasteiger partial charge in [0.05, 0.1) is 11.1 Å². The molecule has 1 aromatic heterocycles. The zero-order valence-electron chi connectivity index (χ0n) is 27.9. The molecule has 0 amide bonds. The molecule has 1 nitrogen and oxygen atoms in total. The minimum atomic E-state index is -0.478. The number of fused-ring (bicyclic) bond motifs is 6. The van der Waals surface area contributed by atoms with E-state index in [0.717, 1.165) is 11.4 Å². The Balaban J connectivity index is 1.24. The lowest BCUT2D eigenvalue weighted by Gasteiger charge is -2.35. The SMILES string of the molecule is c1ccc(-c2ccc(N(c3cccc(C4(c5ccccc5)c5ccccc5-c5ccccc54)c3)c3cccc4sc5ccccc5c34)cc2)cc1. The van der Waals surface area contributed by atoms with E-state index in [9.17, 15) is 0 Å². The Bertz CT molecular complexity index is 2640. The molecule has 0 saturated carbocycles. The van der Waals surface area contributed by atoms with Crippen molar-refractivity contribution in [1.29, 1.82) is 0 Å². The number of rotatable bonds is 6. The van der Waals surface area contributed by atoms with Crippen LogP contribution in [0.15, 0.2) is 200 Å². The molecule has 9 aromatic rings. The molecule has 10 rings (SSSR count). The smallest absolute Gasteiger partial charge is 0.0714 e. The van der Waals surface area contributed by atoms with Crippen molar-refractivity contribution in [3.63, 3.8) is 0 Å². The summed E-state index contributed by atoms with van der Waals surface area (Å²) in [6.45, 7) is 0. The van der Waals surface area contributed by atoms with Crippen molar-refractivity contribution < 1.29 is 0 Å². The Kier molecular flexibility index (Phi) is 6.97. The van der Waals surface area contributed by atoms with Gasteiger partial charge in [-0.25, -0.2) is 0 Å². The lowest BCUT2D eigenvalue weighted by Crippen LogP contribution is -2.28. The quantitative estimate of drug-likeness (QED) is 0.171. The van der Waals surface area contributed by atoms with Gasteiger partial charge < -0.3 is 4.90 Å². The molecule has 0 aliphatic heterocycles. The highest BCUT2D eigenvalue weighted by atomic mass is 32.1. The fourth-order valence-electron chi connectivity index (χ4n) is 8.39. The highest BCUT2D eigenvalue weighted by molar-refractivity contribution is 7.26. The first kappa shape index (κ1) is 29.7. The van der Waals surface area contributed by atoms with Crippen LogP contribution in [0.2, 0.25) is 0 Å². The summed E-state index contributed by atoms with van der Waals surface area (Å²) in [5, 5.41) is 2.57. The Hall–Kier alpha value is -6.22. The summed E-state index contributed by atoms with van der Waals surface area (Å²) in [7, 11) is 0. The normalized spacial score (nSPS) is 12.9. The van der Waals surface area contributed by atoms with Crippen LogP contribution in [0.4, 0.5) is 17.1 Å². The summed E-state index contributed by atoms with van der Waals surface area (Å²) in [5.74, 6) is 0. The van der Waals surface area contributed by atoms with Crippen molar-refractivity contribution in [3.05, 3.63) is 222 Å². The molecule has 0 radical (unpaired) electrons. The Morgan fingerprint density at radius 2 is 0.961 bits per heavy atom. The van der Waals surface area contributed by atoms with Crippen molar-refractivity contribution in [1.82, 2.24) is 0 Å². The van der Waals surface area contributed by atoms with Gasteiger partial charge in [0.25, 0.3) is 0 Å². The van der Waals surface area contributed by atoms with Gasteiger partial charge in [0, 0.05) is 31.5 Å². The number of hydrogen-bond acceptors (Lipinski definition) is 2. The third-order valence-corrected chi connectivity index (χ3v) is 11.7. The van der Waals surface area contributed by atoms with E-state index < -0.39 is 5.41 Å². The molecule has 0 atom stereocenters. The molecule has 240 valence electrons. The van der Waals surface area contributed by atoms with Gasteiger partial charge in [0.15, 0.2) is 0 Å². The first-order chi connectivity index (χ1) is 25.3. The summed E-state index contributed by atoms with van der Waals surface area (Å²) < 4.78 is 2.59. The topological polar surface area (TPSA) is 3.24 Å². The van der Waals surface area contributed by atoms with Gasteiger partial charge in [-0.1, -0.05) is 158 Å². The van der Waals surface area contributed by atoms with E-state index in [-0.39, 0.29) is 0 Å². The maximum Gasteiger partial charge on any atom is 0.0714 e. The van der Waals surface area contributed by atoms with Gasteiger partial charge in [-0.05, 0) is 87.0 Å². The highest BCUT2D eigenvalue weighted by Gasteiger charge is 2.46. The van der Waals surface area contributed by atoms with E-state index in [1.807, 2.05) is 11.3 Å². The van der Waals surface area contributed by atoms with Crippen LogP contribution in [0, 0.1) is 0 Å². The second-order valence-corrected chi connectivity index (χ2v) is 14.3. The summed E-state index contributed by atoms with van der Waals surface area (Å²) in [6.07, 6.45) is 0. The van der Waals surface area contributed by atoms with Crippen LogP contribution in [0.3, 0.4) is 0 Å². The average molecular weight is 668 g/mol. The molecule has 0 saturated heterocycles. The number of nitrogens with zero attached hydrogens (tertiary/aromatic N) is 1. The molecule has 1 heterocycles. The zero-order chi connectivity index (χ0) is 33.8. The molecule has 1 aliphatic rings. The third kappa shape index (κ3) is 4.61. The van der Waals surface area contributed by atoms with Crippen molar-refractivity contribution in [2.75, 3.05) is 4.90 Å². The lowest BCUT2D eigenvalue weighted by molar-refractivity contribution is 0.768. The Morgan fingerprint density at radius 1 is 0.392 bits per heavy atom. The predicted octanol–water partition coefficient (Wildman–Crippen LogP) is 13.6. The van der Waals surface area contributed by atoms with Crippen molar-refractivity contribution in [3.8, 4) is 22.3 Å². The Morgan fingerprint density at radius 3 is 1.71 bits per heavy atom. The molecule has 1 aliphatic carbocycles. The number of anilines is 3. The van der Waals surface area contributed by atoms with Crippen LogP contribution in [-0.4, -0.2) is 0 Å². The number of hydrogen-bond donors (Lipinski definition) is 0. The van der Waals surface area contributed by atoms with Crippen molar-refractivity contribution >= 4 is 48.6 Å². The van der Waals surface area contributed by atoms with E-state index in [0.29, 0.717) is 0 Å². The third-order valence-electron chi connectivity index (χ3n) is 10.6. The van der Waals surface area contributed by atoms with Crippen molar-refractivity contribution in [2.24, 2.45) is 0 Å². The minimum absolute atomic E-state index is 0.478. The van der Waals surface area contributed by atoms with E-state index >= 15 is 0 Å². The van der Waals surface area contributed by atoms with Crippen LogP contribution < -0.4 is 4.90 Å². The van der Waals surface area contributed by atoms with Gasteiger partial charge in [-0.3, -0.25) is 0 Å².